The molecule has 5 atom stereocenters. The predicted molar refractivity (Wildman–Crippen MR) is 408 cm³/mol. The second kappa shape index (κ2) is 72.8. The van der Waals surface area contributed by atoms with Gasteiger partial charge in [0.1, 0.15) is 19.3 Å². The fourth-order valence-electron chi connectivity index (χ4n) is 10.1. The number of unbranched alkanes of at least 4 members (excludes halogenated alkanes) is 27. The number of ether oxygens (including phenoxy) is 4. The molecule has 0 radical (unpaired) electrons. The largest absolute Gasteiger partial charge is 0.472 e. The van der Waals surface area contributed by atoms with Gasteiger partial charge in [0.2, 0.25) is 0 Å². The lowest BCUT2D eigenvalue weighted by Crippen LogP contribution is -2.30. The van der Waals surface area contributed by atoms with Gasteiger partial charge in [-0.1, -0.05) is 290 Å². The summed E-state index contributed by atoms with van der Waals surface area (Å²) in [7, 11) is -9.98. The van der Waals surface area contributed by atoms with E-state index in [4.69, 9.17) is 37.0 Å². The lowest BCUT2D eigenvalue weighted by Gasteiger charge is -2.21. The fraction of sp³-hybridized carbons (Fsp3) is 0.704. The van der Waals surface area contributed by atoms with Crippen molar-refractivity contribution in [3.05, 3.63) is 122 Å². The molecule has 19 heteroatoms. The summed E-state index contributed by atoms with van der Waals surface area (Å²) in [5.41, 5.74) is 0. The lowest BCUT2D eigenvalue weighted by molar-refractivity contribution is -0.161. The van der Waals surface area contributed by atoms with Crippen molar-refractivity contribution in [3.63, 3.8) is 0 Å². The van der Waals surface area contributed by atoms with Crippen LogP contribution in [0.25, 0.3) is 0 Å². The minimum atomic E-state index is -5.00. The van der Waals surface area contributed by atoms with Crippen molar-refractivity contribution < 1.29 is 80.2 Å². The number of phosphoric ester groups is 2. The smallest absolute Gasteiger partial charge is 0.462 e. The van der Waals surface area contributed by atoms with E-state index in [1.54, 1.807) is 12.2 Å². The first kappa shape index (κ1) is 95.5. The van der Waals surface area contributed by atoms with E-state index in [0.717, 1.165) is 154 Å². The van der Waals surface area contributed by atoms with E-state index in [1.807, 2.05) is 12.2 Å². The van der Waals surface area contributed by atoms with E-state index in [2.05, 4.69) is 125 Å². The first-order valence-electron chi connectivity index (χ1n) is 38.8. The quantitative estimate of drug-likeness (QED) is 0.0169. The molecule has 3 N–H and O–H groups in total. The molecular weight excluding hydrogens is 1310 g/mol. The standard InChI is InChI=1S/C81H138O17P2/c1-5-9-13-17-21-25-29-32-35-36-37-38-41-43-47-50-54-58-62-66-79(84)92-72-77(98-81(86)68-64-60-56-52-48-44-40-34-31-27-23-19-15-11-7-3)74-96-100(89,90)94-70-75(82)69-93-99(87,88)95-73-76(97-80(85)67-63-59-55-51-45-28-24-20-16-12-8-4)71-91-78(83)65-61-57-53-49-46-42-39-33-30-26-22-18-14-10-6-2/h9,11,13,15,21,23,25,27,32-35,37-40,48,52,60,64,75-77,82H,5-8,10,12,14,16-20,22,24,26,28-31,36,41-47,49-51,53-59,61-63,65-74H2,1-4H3,(H,87,88)(H,89,90)/b13-9-,15-11-,25-21-,27-23-,35-32-,38-37-,39-33-,40-34-,52-48-,64-60-. The minimum Gasteiger partial charge on any atom is -0.462 e. The minimum absolute atomic E-state index is 0.0925. The van der Waals surface area contributed by atoms with Crippen LogP contribution in [0.5, 0.6) is 0 Å². The Kier molecular flexibility index (Phi) is 69.5. The van der Waals surface area contributed by atoms with Gasteiger partial charge in [-0.15, -0.1) is 0 Å². The molecule has 0 bridgehead atoms. The number of rotatable bonds is 72. The van der Waals surface area contributed by atoms with Crippen molar-refractivity contribution in [2.24, 2.45) is 0 Å². The van der Waals surface area contributed by atoms with Crippen molar-refractivity contribution in [1.82, 2.24) is 0 Å². The summed E-state index contributed by atoms with van der Waals surface area (Å²) >= 11 is 0. The summed E-state index contributed by atoms with van der Waals surface area (Å²) in [5, 5.41) is 10.6. The maximum absolute atomic E-state index is 13.1. The molecule has 0 fully saturated rings. The van der Waals surface area contributed by atoms with Crippen LogP contribution in [-0.4, -0.2) is 96.7 Å². The SMILES string of the molecule is CC/C=C\C/C=C\C/C=C\C/C=C\C/C=C\CC(=O)OC(COC(=O)CCCCCCCC/C=C\C/C=C\C/C=C\C/C=C\CC)COP(=O)(O)OCC(O)COP(=O)(O)OCC(COC(=O)CCCCCCC/C=C\CCCCCCCC)OC(=O)CCCCCCCCCCCCC. The van der Waals surface area contributed by atoms with Crippen molar-refractivity contribution in [1.29, 1.82) is 0 Å². The molecule has 100 heavy (non-hydrogen) atoms. The molecule has 0 spiro atoms. The predicted octanol–water partition coefficient (Wildman–Crippen LogP) is 22.3. The highest BCUT2D eigenvalue weighted by Crippen LogP contribution is 2.45. The molecule has 0 aromatic heterocycles. The van der Waals surface area contributed by atoms with Crippen molar-refractivity contribution in [3.8, 4) is 0 Å². The van der Waals surface area contributed by atoms with Crippen LogP contribution in [0.1, 0.15) is 310 Å². The monoisotopic (exact) mass is 1440 g/mol. The zero-order valence-electron chi connectivity index (χ0n) is 62.6. The topological polar surface area (TPSA) is 237 Å². The molecule has 0 aromatic carbocycles. The lowest BCUT2D eigenvalue weighted by atomic mass is 10.1. The molecule has 0 rings (SSSR count). The van der Waals surface area contributed by atoms with E-state index in [-0.39, 0.29) is 25.7 Å². The Labute approximate surface area is 606 Å². The van der Waals surface area contributed by atoms with Gasteiger partial charge < -0.3 is 33.8 Å². The van der Waals surface area contributed by atoms with Gasteiger partial charge in [-0.2, -0.15) is 0 Å². The number of hydrogen-bond acceptors (Lipinski definition) is 15. The second-order valence-corrected chi connectivity index (χ2v) is 28.5. The first-order chi connectivity index (χ1) is 48.7. The van der Waals surface area contributed by atoms with E-state index in [1.165, 1.54) is 77.0 Å². The second-order valence-electron chi connectivity index (χ2n) is 25.6. The Bertz CT molecular complexity index is 2370. The Hall–Kier alpha value is -4.54. The number of carbonyl (C=O) groups is 4. The van der Waals surface area contributed by atoms with E-state index < -0.39 is 97.5 Å². The van der Waals surface area contributed by atoms with E-state index in [9.17, 15) is 43.2 Å². The highest BCUT2D eigenvalue weighted by atomic mass is 31.2. The van der Waals surface area contributed by atoms with Crippen molar-refractivity contribution in [2.45, 2.75) is 329 Å². The van der Waals surface area contributed by atoms with Crippen LogP contribution in [0.4, 0.5) is 0 Å². The first-order valence-corrected chi connectivity index (χ1v) is 41.8. The number of aliphatic hydroxyl groups is 1. The maximum Gasteiger partial charge on any atom is 0.472 e. The molecule has 0 heterocycles. The molecule has 5 unspecified atom stereocenters. The van der Waals surface area contributed by atoms with Crippen LogP contribution in [0.2, 0.25) is 0 Å². The van der Waals surface area contributed by atoms with Gasteiger partial charge in [0.15, 0.2) is 12.2 Å². The molecule has 0 aliphatic rings. The highest BCUT2D eigenvalue weighted by molar-refractivity contribution is 7.47. The number of hydrogen-bond donors (Lipinski definition) is 3. The summed E-state index contributed by atoms with van der Waals surface area (Å²) < 4.78 is 68.3. The third-order valence-corrected chi connectivity index (χ3v) is 17.9. The Morgan fingerprint density at radius 1 is 0.300 bits per heavy atom. The van der Waals surface area contributed by atoms with Crippen LogP contribution in [0.3, 0.4) is 0 Å². The van der Waals surface area contributed by atoms with Crippen LogP contribution in [0.15, 0.2) is 122 Å². The molecular formula is C81H138O17P2. The summed E-state index contributed by atoms with van der Waals surface area (Å²) in [6.45, 7) is 4.51. The normalized spacial score (nSPS) is 14.6. The van der Waals surface area contributed by atoms with Crippen molar-refractivity contribution in [2.75, 3.05) is 39.6 Å². The van der Waals surface area contributed by atoms with Crippen LogP contribution >= 0.6 is 15.6 Å². The third-order valence-electron chi connectivity index (χ3n) is 16.0. The third kappa shape index (κ3) is 71.8. The van der Waals surface area contributed by atoms with Gasteiger partial charge in [-0.05, 0) is 116 Å². The summed E-state index contributed by atoms with van der Waals surface area (Å²) in [6, 6.07) is 0. The Morgan fingerprint density at radius 2 is 0.560 bits per heavy atom. The Morgan fingerprint density at radius 3 is 0.900 bits per heavy atom. The van der Waals surface area contributed by atoms with Gasteiger partial charge in [-0.3, -0.25) is 37.3 Å². The van der Waals surface area contributed by atoms with Crippen molar-refractivity contribution >= 4 is 39.5 Å². The molecule has 574 valence electrons. The molecule has 0 aliphatic heterocycles. The van der Waals surface area contributed by atoms with Crippen LogP contribution < -0.4 is 0 Å². The van der Waals surface area contributed by atoms with Gasteiger partial charge in [-0.25, -0.2) is 9.13 Å². The molecule has 17 nitrogen and oxygen atoms in total. The average Bonchev–Trinajstić information content (AvgIpc) is 0.926. The van der Waals surface area contributed by atoms with Crippen LogP contribution in [0, 0.1) is 0 Å². The van der Waals surface area contributed by atoms with Gasteiger partial charge in [0.25, 0.3) is 0 Å². The summed E-state index contributed by atoms with van der Waals surface area (Å²) in [4.78, 5) is 72.8. The van der Waals surface area contributed by atoms with E-state index >= 15 is 0 Å². The maximum atomic E-state index is 13.1. The number of esters is 4. The van der Waals surface area contributed by atoms with Gasteiger partial charge >= 0.3 is 39.5 Å². The van der Waals surface area contributed by atoms with Gasteiger partial charge in [0.05, 0.1) is 32.8 Å². The van der Waals surface area contributed by atoms with Crippen LogP contribution in [-0.2, 0) is 65.4 Å². The average molecular weight is 1450 g/mol. The summed E-state index contributed by atoms with van der Waals surface area (Å²) in [6.07, 6.45) is 79.4. The number of allylic oxidation sites excluding steroid dienone is 19. The molecule has 0 amide bonds. The zero-order chi connectivity index (χ0) is 73.2. The number of carbonyl (C=O) groups excluding carboxylic acids is 4. The number of phosphoric acid groups is 2. The Balaban J connectivity index is 5.40. The summed E-state index contributed by atoms with van der Waals surface area (Å²) in [5.74, 6) is -2.34. The molecule has 0 aliphatic carbocycles. The molecule has 0 aromatic rings. The molecule has 0 saturated carbocycles. The number of aliphatic hydroxyl groups excluding tert-OH is 1. The zero-order valence-corrected chi connectivity index (χ0v) is 64.4. The fourth-order valence-corrected chi connectivity index (χ4v) is 11.7. The highest BCUT2D eigenvalue weighted by Gasteiger charge is 2.30. The molecule has 0 saturated heterocycles. The van der Waals surface area contributed by atoms with Gasteiger partial charge in [0, 0.05) is 19.3 Å². The van der Waals surface area contributed by atoms with E-state index in [0.29, 0.717) is 25.7 Å².